The van der Waals surface area contributed by atoms with E-state index in [-0.39, 0.29) is 28.4 Å². The quantitative estimate of drug-likeness (QED) is 0.366. The number of rotatable bonds is 4. The molecule has 2 aromatic carbocycles. The van der Waals surface area contributed by atoms with E-state index in [2.05, 4.69) is 5.16 Å². The van der Waals surface area contributed by atoms with E-state index in [1.54, 1.807) is 0 Å². The zero-order valence-corrected chi connectivity index (χ0v) is 14.0. The van der Waals surface area contributed by atoms with Crippen molar-refractivity contribution in [2.75, 3.05) is 4.90 Å². The van der Waals surface area contributed by atoms with Crippen LogP contribution in [-0.2, 0) is 14.4 Å². The minimum Gasteiger partial charge on any atom is -0.508 e. The van der Waals surface area contributed by atoms with E-state index in [1.807, 2.05) is 0 Å². The highest BCUT2D eigenvalue weighted by atomic mass is 16.7. The highest BCUT2D eigenvalue weighted by Crippen LogP contribution is 2.34. The summed E-state index contributed by atoms with van der Waals surface area (Å²) in [4.78, 5) is 54.2. The summed E-state index contributed by atoms with van der Waals surface area (Å²) in [7, 11) is 0. The van der Waals surface area contributed by atoms with E-state index >= 15 is 0 Å². The van der Waals surface area contributed by atoms with Gasteiger partial charge in [-0.1, -0.05) is 5.16 Å². The largest absolute Gasteiger partial charge is 0.508 e. The van der Waals surface area contributed by atoms with E-state index in [0.29, 0.717) is 0 Å². The van der Waals surface area contributed by atoms with Gasteiger partial charge >= 0.3 is 0 Å². The zero-order chi connectivity index (χ0) is 20.0. The third kappa shape index (κ3) is 2.58. The van der Waals surface area contributed by atoms with Gasteiger partial charge in [0.15, 0.2) is 0 Å². The summed E-state index contributed by atoms with van der Waals surface area (Å²) < 4.78 is 0. The molecule has 0 saturated carbocycles. The molecule has 2 aliphatic heterocycles. The van der Waals surface area contributed by atoms with Crippen LogP contribution in [0.15, 0.2) is 53.7 Å². The van der Waals surface area contributed by atoms with Crippen LogP contribution >= 0.6 is 0 Å². The number of non-ortho nitro benzene ring substituents is 1. The zero-order valence-electron chi connectivity index (χ0n) is 14.0. The van der Waals surface area contributed by atoms with E-state index in [9.17, 15) is 29.6 Å². The van der Waals surface area contributed by atoms with Gasteiger partial charge in [-0.3, -0.25) is 24.5 Å². The third-order valence-corrected chi connectivity index (χ3v) is 4.49. The lowest BCUT2D eigenvalue weighted by molar-refractivity contribution is -0.384. The Kier molecular flexibility index (Phi) is 3.88. The lowest BCUT2D eigenvalue weighted by atomic mass is 9.93. The summed E-state index contributed by atoms with van der Waals surface area (Å²) in [6.45, 7) is 0. The van der Waals surface area contributed by atoms with Crippen LogP contribution in [0.25, 0.3) is 0 Å². The van der Waals surface area contributed by atoms with Crippen molar-refractivity contribution in [1.29, 1.82) is 0 Å². The molecule has 1 saturated heterocycles. The Bertz CT molecular complexity index is 1040. The van der Waals surface area contributed by atoms with E-state index in [0.717, 1.165) is 17.0 Å². The van der Waals surface area contributed by atoms with Crippen LogP contribution in [0.3, 0.4) is 0 Å². The second-order valence-electron chi connectivity index (χ2n) is 6.14. The smallest absolute Gasteiger partial charge is 0.278 e. The third-order valence-electron chi connectivity index (χ3n) is 4.49. The summed E-state index contributed by atoms with van der Waals surface area (Å²) in [5, 5.41) is 23.7. The molecule has 2 aromatic rings. The minimum atomic E-state index is -1.25. The molecule has 0 aromatic heterocycles. The number of nitro groups is 1. The molecule has 0 aliphatic carbocycles. The molecule has 0 spiro atoms. The maximum Gasteiger partial charge on any atom is 0.278 e. The molecule has 0 radical (unpaired) electrons. The first-order valence-corrected chi connectivity index (χ1v) is 8.08. The Labute approximate surface area is 156 Å². The number of hydrogen-bond donors (Lipinski definition) is 1. The predicted molar refractivity (Wildman–Crippen MR) is 93.8 cm³/mol. The molecule has 2 aliphatic rings. The molecular formula is C18H11N3O7. The number of fused-ring (bicyclic) bond motifs is 1. The number of phenolic OH excluding ortho intramolecular Hbond substituents is 1. The van der Waals surface area contributed by atoms with Gasteiger partial charge < -0.3 is 9.94 Å². The van der Waals surface area contributed by atoms with Crippen LogP contribution in [0, 0.1) is 16.0 Å². The molecule has 140 valence electrons. The average Bonchev–Trinajstić information content (AvgIpc) is 3.23. The number of imide groups is 1. The maximum absolute atomic E-state index is 12.8. The molecule has 1 N–H and O–H groups in total. The minimum absolute atomic E-state index is 0.0325. The first kappa shape index (κ1) is 17.3. The number of carbonyl (C=O) groups is 3. The summed E-state index contributed by atoms with van der Waals surface area (Å²) in [5.41, 5.74) is -0.118. The van der Waals surface area contributed by atoms with Crippen LogP contribution in [0.1, 0.15) is 10.4 Å². The van der Waals surface area contributed by atoms with Crippen molar-refractivity contribution in [3.05, 3.63) is 64.2 Å². The van der Waals surface area contributed by atoms with Crippen LogP contribution in [0.4, 0.5) is 11.4 Å². The molecule has 1 fully saturated rings. The number of oxime groups is 1. The number of aromatic hydroxyl groups is 1. The number of nitro benzene ring substituents is 1. The summed E-state index contributed by atoms with van der Waals surface area (Å²) in [5.74, 6) is -3.24. The number of amides is 2. The SMILES string of the molecule is O=C(C1=NO[C@H]2C(=O)N(c3ccc(O)cc3)C(=O)[C@H]12)c1ccc([N+](=O)[O-])cc1. The van der Waals surface area contributed by atoms with E-state index in [4.69, 9.17) is 4.84 Å². The topological polar surface area (TPSA) is 139 Å². The van der Waals surface area contributed by atoms with Gasteiger partial charge in [0.2, 0.25) is 17.8 Å². The van der Waals surface area contributed by atoms with Crippen LogP contribution in [0.2, 0.25) is 0 Å². The Morgan fingerprint density at radius 2 is 1.71 bits per heavy atom. The van der Waals surface area contributed by atoms with E-state index in [1.165, 1.54) is 36.4 Å². The molecule has 2 atom stereocenters. The van der Waals surface area contributed by atoms with Crippen molar-refractivity contribution in [2.24, 2.45) is 11.1 Å². The van der Waals surface area contributed by atoms with Gasteiger partial charge in [-0.2, -0.15) is 0 Å². The molecular weight excluding hydrogens is 370 g/mol. The monoisotopic (exact) mass is 381 g/mol. The number of anilines is 1. The van der Waals surface area contributed by atoms with Gasteiger partial charge in [-0.25, -0.2) is 4.90 Å². The normalized spacial score (nSPS) is 20.6. The number of phenols is 1. The molecule has 10 heteroatoms. The van der Waals surface area contributed by atoms with Crippen LogP contribution < -0.4 is 4.90 Å². The van der Waals surface area contributed by atoms with Crippen LogP contribution in [0.5, 0.6) is 5.75 Å². The fraction of sp³-hybridized carbons (Fsp3) is 0.111. The molecule has 0 unspecified atom stereocenters. The van der Waals surface area contributed by atoms with Gasteiger partial charge in [0.05, 0.1) is 10.6 Å². The Hall–Kier alpha value is -4.08. The van der Waals surface area contributed by atoms with Crippen molar-refractivity contribution in [2.45, 2.75) is 6.10 Å². The van der Waals surface area contributed by atoms with Gasteiger partial charge in [0, 0.05) is 17.7 Å². The fourth-order valence-electron chi connectivity index (χ4n) is 3.10. The summed E-state index contributed by atoms with van der Waals surface area (Å²) >= 11 is 0. The van der Waals surface area contributed by atoms with Gasteiger partial charge in [0.1, 0.15) is 17.4 Å². The fourth-order valence-corrected chi connectivity index (χ4v) is 3.10. The van der Waals surface area contributed by atoms with Crippen molar-refractivity contribution in [1.82, 2.24) is 0 Å². The highest BCUT2D eigenvalue weighted by molar-refractivity contribution is 6.52. The van der Waals surface area contributed by atoms with Gasteiger partial charge in [0.25, 0.3) is 11.6 Å². The summed E-state index contributed by atoms with van der Waals surface area (Å²) in [6, 6.07) is 10.2. The lowest BCUT2D eigenvalue weighted by Crippen LogP contribution is -2.34. The van der Waals surface area contributed by atoms with Crippen molar-refractivity contribution < 1.29 is 29.3 Å². The van der Waals surface area contributed by atoms with Gasteiger partial charge in [-0.05, 0) is 36.4 Å². The van der Waals surface area contributed by atoms with Crippen molar-refractivity contribution >= 4 is 34.7 Å². The van der Waals surface area contributed by atoms with E-state index < -0.39 is 34.5 Å². The Morgan fingerprint density at radius 1 is 1.07 bits per heavy atom. The molecule has 0 bridgehead atoms. The molecule has 2 heterocycles. The second-order valence-corrected chi connectivity index (χ2v) is 6.14. The van der Waals surface area contributed by atoms with Crippen molar-refractivity contribution in [3.63, 3.8) is 0 Å². The molecule has 2 amide bonds. The highest BCUT2D eigenvalue weighted by Gasteiger charge is 2.57. The number of ketones is 1. The lowest BCUT2D eigenvalue weighted by Gasteiger charge is -2.15. The van der Waals surface area contributed by atoms with Crippen molar-refractivity contribution in [3.8, 4) is 5.75 Å². The number of nitrogens with zero attached hydrogens (tertiary/aromatic N) is 3. The molecule has 4 rings (SSSR count). The number of carbonyl (C=O) groups excluding carboxylic acids is 3. The molecule has 28 heavy (non-hydrogen) atoms. The number of hydrogen-bond acceptors (Lipinski definition) is 8. The number of benzene rings is 2. The number of Topliss-reactive ketones (excluding diaryl/α,β-unsaturated/α-hetero) is 1. The predicted octanol–water partition coefficient (Wildman–Crippen LogP) is 1.43. The average molecular weight is 381 g/mol. The standard InChI is InChI=1S/C18H11N3O7/c22-12-7-5-10(6-8-12)20-17(24)13-14(19-28-16(13)18(20)25)15(23)9-1-3-11(4-2-9)21(26)27/h1-8,13,16,22H/t13-,16-/m1/s1. The Morgan fingerprint density at radius 3 is 2.32 bits per heavy atom. The second kappa shape index (κ2) is 6.27. The summed E-state index contributed by atoms with van der Waals surface area (Å²) in [6.07, 6.45) is -1.25. The van der Waals surface area contributed by atoms with Crippen LogP contribution in [-0.4, -0.2) is 39.4 Å². The first-order chi connectivity index (χ1) is 13.4. The Balaban J connectivity index is 1.62. The van der Waals surface area contributed by atoms with Gasteiger partial charge in [-0.15, -0.1) is 0 Å². The maximum atomic E-state index is 12.8. The molecule has 10 nitrogen and oxygen atoms in total. The first-order valence-electron chi connectivity index (χ1n) is 8.08.